The number of rotatable bonds is 4. The Labute approximate surface area is 156 Å². The summed E-state index contributed by atoms with van der Waals surface area (Å²) in [6.45, 7) is 3.17. The molecule has 2 heterocycles. The number of anilines is 1. The summed E-state index contributed by atoms with van der Waals surface area (Å²) >= 11 is 3.54. The Balaban J connectivity index is 1.46. The van der Waals surface area contributed by atoms with Gasteiger partial charge in [0.25, 0.3) is 0 Å². The van der Waals surface area contributed by atoms with Gasteiger partial charge >= 0.3 is 0 Å². The summed E-state index contributed by atoms with van der Waals surface area (Å²) < 4.78 is 1.23. The second kappa shape index (κ2) is 7.30. The fourth-order valence-corrected chi connectivity index (χ4v) is 4.82. The first-order valence-electron chi connectivity index (χ1n) is 8.30. The molecular weight excluding hydrogens is 344 g/mol. The van der Waals surface area contributed by atoms with E-state index in [0.29, 0.717) is 0 Å². The van der Waals surface area contributed by atoms with Crippen molar-refractivity contribution in [3.8, 4) is 0 Å². The highest BCUT2D eigenvalue weighted by atomic mass is 32.2. The van der Waals surface area contributed by atoms with Crippen molar-refractivity contribution in [1.29, 1.82) is 0 Å². The van der Waals surface area contributed by atoms with Gasteiger partial charge in [-0.25, -0.2) is 4.98 Å². The minimum atomic E-state index is 0.977. The minimum absolute atomic E-state index is 0.977. The third-order valence-electron chi connectivity index (χ3n) is 3.96. The van der Waals surface area contributed by atoms with Crippen molar-refractivity contribution in [2.45, 2.75) is 11.8 Å². The Morgan fingerprint density at radius 3 is 2.72 bits per heavy atom. The van der Waals surface area contributed by atoms with E-state index in [1.165, 1.54) is 20.3 Å². The van der Waals surface area contributed by atoms with Crippen LogP contribution in [-0.4, -0.2) is 11.5 Å². The largest absolute Gasteiger partial charge is 0.335 e. The van der Waals surface area contributed by atoms with Crippen molar-refractivity contribution in [2.75, 3.05) is 11.4 Å². The number of nitrogens with zero attached hydrogens (tertiary/aromatic N) is 2. The Bertz CT molecular complexity index is 949. The van der Waals surface area contributed by atoms with Gasteiger partial charge in [0.05, 0.1) is 20.9 Å². The molecule has 2 aromatic carbocycles. The second-order valence-corrected chi connectivity index (χ2v) is 7.71. The molecule has 124 valence electrons. The number of allylic oxidation sites excluding steroid dienone is 4. The predicted molar refractivity (Wildman–Crippen MR) is 111 cm³/mol. The van der Waals surface area contributed by atoms with Crippen LogP contribution in [0.5, 0.6) is 0 Å². The van der Waals surface area contributed by atoms with E-state index in [9.17, 15) is 0 Å². The fourth-order valence-electron chi connectivity index (χ4n) is 2.80. The molecule has 0 amide bonds. The summed E-state index contributed by atoms with van der Waals surface area (Å²) in [7, 11) is 0. The highest BCUT2D eigenvalue weighted by Gasteiger charge is 2.22. The Kier molecular flexibility index (Phi) is 4.72. The van der Waals surface area contributed by atoms with E-state index < -0.39 is 0 Å². The van der Waals surface area contributed by atoms with E-state index in [1.807, 2.05) is 17.8 Å². The first-order chi connectivity index (χ1) is 12.3. The lowest BCUT2D eigenvalue weighted by molar-refractivity contribution is 1.00. The zero-order valence-electron chi connectivity index (χ0n) is 13.9. The van der Waals surface area contributed by atoms with Crippen LogP contribution in [0.4, 0.5) is 5.69 Å². The molecule has 0 radical (unpaired) electrons. The number of thiazole rings is 1. The molecule has 3 aromatic rings. The highest BCUT2D eigenvalue weighted by Crippen LogP contribution is 2.45. The minimum Gasteiger partial charge on any atom is -0.335 e. The smallest absolute Gasteiger partial charge is 0.117 e. The average Bonchev–Trinajstić information content (AvgIpc) is 3.21. The second-order valence-electron chi connectivity index (χ2n) is 5.58. The van der Waals surface area contributed by atoms with Gasteiger partial charge in [-0.1, -0.05) is 54.3 Å². The van der Waals surface area contributed by atoms with Crippen LogP contribution in [0.1, 0.15) is 11.9 Å². The number of para-hydroxylation sites is 2. The van der Waals surface area contributed by atoms with Crippen LogP contribution in [-0.2, 0) is 0 Å². The van der Waals surface area contributed by atoms with Crippen LogP contribution in [0.25, 0.3) is 16.3 Å². The number of thioether (sulfide) groups is 1. The average molecular weight is 363 g/mol. The van der Waals surface area contributed by atoms with E-state index in [0.717, 1.165) is 17.1 Å². The molecule has 2 nitrogen and oxygen atoms in total. The summed E-state index contributed by atoms with van der Waals surface area (Å²) in [6.07, 6.45) is 10.5. The molecule has 1 aliphatic heterocycles. The van der Waals surface area contributed by atoms with Crippen LogP contribution in [0.3, 0.4) is 0 Å². The molecule has 0 unspecified atom stereocenters. The van der Waals surface area contributed by atoms with Gasteiger partial charge in [0.15, 0.2) is 0 Å². The first-order valence-corrected chi connectivity index (χ1v) is 9.93. The van der Waals surface area contributed by atoms with Gasteiger partial charge in [0.1, 0.15) is 5.01 Å². The van der Waals surface area contributed by atoms with Crippen LogP contribution >= 0.6 is 23.1 Å². The molecule has 25 heavy (non-hydrogen) atoms. The van der Waals surface area contributed by atoms with Gasteiger partial charge in [-0.15, -0.1) is 11.3 Å². The molecule has 0 N–H and O–H groups in total. The third-order valence-corrected chi connectivity index (χ3v) is 6.10. The molecule has 4 heteroatoms. The molecule has 1 aromatic heterocycles. The van der Waals surface area contributed by atoms with Gasteiger partial charge in [-0.3, -0.25) is 0 Å². The molecule has 0 saturated carbocycles. The van der Waals surface area contributed by atoms with Gasteiger partial charge in [-0.2, -0.15) is 0 Å². The summed E-state index contributed by atoms with van der Waals surface area (Å²) in [5, 5.41) is 2.31. The summed E-state index contributed by atoms with van der Waals surface area (Å²) in [6, 6.07) is 16.8. The van der Waals surface area contributed by atoms with E-state index >= 15 is 0 Å². The monoisotopic (exact) mass is 362 g/mol. The maximum Gasteiger partial charge on any atom is 0.117 e. The molecule has 0 aliphatic carbocycles. The summed E-state index contributed by atoms with van der Waals surface area (Å²) in [5.41, 5.74) is 2.37. The van der Waals surface area contributed by atoms with E-state index in [2.05, 4.69) is 89.7 Å². The molecule has 0 atom stereocenters. The van der Waals surface area contributed by atoms with Crippen LogP contribution in [0, 0.1) is 0 Å². The van der Waals surface area contributed by atoms with Crippen molar-refractivity contribution in [3.05, 3.63) is 82.9 Å². The molecule has 1 aliphatic rings. The van der Waals surface area contributed by atoms with Crippen molar-refractivity contribution in [1.82, 2.24) is 4.98 Å². The zero-order valence-corrected chi connectivity index (χ0v) is 15.6. The predicted octanol–water partition coefficient (Wildman–Crippen LogP) is 6.34. The number of aromatic nitrogens is 1. The topological polar surface area (TPSA) is 16.1 Å². The third kappa shape index (κ3) is 3.41. The van der Waals surface area contributed by atoms with Gasteiger partial charge in [0, 0.05) is 11.4 Å². The lowest BCUT2D eigenvalue weighted by Gasteiger charge is -2.17. The number of hydrogen-bond acceptors (Lipinski definition) is 4. The Morgan fingerprint density at radius 1 is 1.00 bits per heavy atom. The number of hydrogen-bond donors (Lipinski definition) is 0. The Morgan fingerprint density at radius 2 is 1.84 bits per heavy atom. The van der Waals surface area contributed by atoms with E-state index in [1.54, 1.807) is 11.3 Å². The molecule has 0 fully saturated rings. The summed E-state index contributed by atoms with van der Waals surface area (Å²) in [4.78, 5) is 8.29. The van der Waals surface area contributed by atoms with Crippen molar-refractivity contribution < 1.29 is 0 Å². The van der Waals surface area contributed by atoms with Crippen LogP contribution in [0.2, 0.25) is 0 Å². The number of benzene rings is 2. The summed E-state index contributed by atoms with van der Waals surface area (Å²) in [5.74, 6) is 0. The first kappa shape index (κ1) is 16.2. The van der Waals surface area contributed by atoms with Gasteiger partial charge in [-0.05, 0) is 43.3 Å². The molecule has 0 spiro atoms. The standard InChI is InChI=1S/C21H18N2S2/c1-2-23-17-11-7-9-13-19(17)25-21(23)15-5-3-4-14-20-22-16-10-6-8-12-18(16)24-20/h3-15H,2H2,1H3/b5-3+,14-4+,21-15-. The van der Waals surface area contributed by atoms with Crippen molar-refractivity contribution in [3.63, 3.8) is 0 Å². The van der Waals surface area contributed by atoms with Gasteiger partial charge in [0.2, 0.25) is 0 Å². The zero-order chi connectivity index (χ0) is 17.1. The fraction of sp³-hybridized carbons (Fsp3) is 0.0952. The van der Waals surface area contributed by atoms with Crippen LogP contribution in [0.15, 0.2) is 82.8 Å². The van der Waals surface area contributed by atoms with E-state index in [4.69, 9.17) is 0 Å². The quantitative estimate of drug-likeness (QED) is 0.504. The SMILES string of the molecule is CCN1/C(=C/C=C/C=C/c2nc3ccccc3s2)Sc2ccccc21. The maximum absolute atomic E-state index is 4.61. The van der Waals surface area contributed by atoms with Crippen molar-refractivity contribution >= 4 is 45.1 Å². The normalized spacial score (nSPS) is 15.9. The molecule has 4 rings (SSSR count). The molecule has 0 saturated heterocycles. The maximum atomic E-state index is 4.61. The lowest BCUT2D eigenvalue weighted by Crippen LogP contribution is -2.16. The molecule has 0 bridgehead atoms. The van der Waals surface area contributed by atoms with Gasteiger partial charge < -0.3 is 4.90 Å². The lowest BCUT2D eigenvalue weighted by atomic mass is 10.3. The molecular formula is C21H18N2S2. The van der Waals surface area contributed by atoms with Crippen LogP contribution < -0.4 is 4.90 Å². The van der Waals surface area contributed by atoms with E-state index in [-0.39, 0.29) is 0 Å². The Hall–Kier alpha value is -2.30. The number of fused-ring (bicyclic) bond motifs is 2. The van der Waals surface area contributed by atoms with Crippen molar-refractivity contribution in [2.24, 2.45) is 0 Å². The highest BCUT2D eigenvalue weighted by molar-refractivity contribution is 8.03.